The van der Waals surface area contributed by atoms with Gasteiger partial charge in [0.25, 0.3) is 0 Å². The molecule has 1 atom stereocenters. The first-order valence-electron chi connectivity index (χ1n) is 4.26. The summed E-state index contributed by atoms with van der Waals surface area (Å²) < 4.78 is 23.8. The number of sulfonamides is 1. The van der Waals surface area contributed by atoms with Crippen molar-refractivity contribution in [2.45, 2.75) is 13.0 Å². The minimum absolute atomic E-state index is 0.159. The van der Waals surface area contributed by atoms with E-state index in [4.69, 9.17) is 0 Å². The normalized spacial score (nSPS) is 14.3. The fraction of sp³-hybridized carbons (Fsp3) is 0.444. The SMILES string of the molecule is CC(c1ccncc1)N(C)S(C)(=O)=O. The standard InChI is InChI=1S/C9H14N2O2S/c1-8(11(2)14(3,12)13)9-4-6-10-7-5-9/h4-8H,1-3H3. The Kier molecular flexibility index (Phi) is 3.23. The first-order valence-corrected chi connectivity index (χ1v) is 6.10. The second-order valence-electron chi connectivity index (χ2n) is 3.24. The van der Waals surface area contributed by atoms with Gasteiger partial charge in [-0.3, -0.25) is 4.98 Å². The lowest BCUT2D eigenvalue weighted by Gasteiger charge is -2.22. The van der Waals surface area contributed by atoms with Crippen LogP contribution in [0, 0.1) is 0 Å². The van der Waals surface area contributed by atoms with Crippen molar-refractivity contribution in [2.24, 2.45) is 0 Å². The van der Waals surface area contributed by atoms with Gasteiger partial charge in [0.2, 0.25) is 10.0 Å². The quantitative estimate of drug-likeness (QED) is 0.755. The van der Waals surface area contributed by atoms with Crippen LogP contribution in [0.25, 0.3) is 0 Å². The van der Waals surface area contributed by atoms with Crippen molar-refractivity contribution < 1.29 is 8.42 Å². The smallest absolute Gasteiger partial charge is 0.211 e. The maximum atomic E-state index is 11.3. The van der Waals surface area contributed by atoms with Gasteiger partial charge in [-0.05, 0) is 24.6 Å². The Bertz CT molecular complexity index is 389. The minimum Gasteiger partial charge on any atom is -0.265 e. The van der Waals surface area contributed by atoms with Crippen molar-refractivity contribution in [1.82, 2.24) is 9.29 Å². The molecule has 0 fully saturated rings. The summed E-state index contributed by atoms with van der Waals surface area (Å²) >= 11 is 0. The predicted molar refractivity (Wildman–Crippen MR) is 55.3 cm³/mol. The zero-order valence-corrected chi connectivity index (χ0v) is 9.32. The molecular weight excluding hydrogens is 200 g/mol. The van der Waals surface area contributed by atoms with Crippen molar-refractivity contribution in [3.8, 4) is 0 Å². The topological polar surface area (TPSA) is 50.3 Å². The number of aromatic nitrogens is 1. The fourth-order valence-electron chi connectivity index (χ4n) is 1.14. The summed E-state index contributed by atoms with van der Waals surface area (Å²) in [5.74, 6) is 0. The van der Waals surface area contributed by atoms with E-state index < -0.39 is 10.0 Å². The van der Waals surface area contributed by atoms with Gasteiger partial charge in [0.1, 0.15) is 0 Å². The van der Waals surface area contributed by atoms with Crippen LogP contribution in [0.4, 0.5) is 0 Å². The van der Waals surface area contributed by atoms with Crippen LogP contribution in [-0.4, -0.2) is 31.0 Å². The van der Waals surface area contributed by atoms with E-state index in [1.165, 1.54) is 10.6 Å². The minimum atomic E-state index is -3.14. The summed E-state index contributed by atoms with van der Waals surface area (Å²) in [4.78, 5) is 3.88. The van der Waals surface area contributed by atoms with Gasteiger partial charge in [-0.2, -0.15) is 4.31 Å². The Morgan fingerprint density at radius 1 is 1.36 bits per heavy atom. The molecule has 14 heavy (non-hydrogen) atoms. The zero-order valence-electron chi connectivity index (χ0n) is 8.51. The third kappa shape index (κ3) is 2.52. The highest BCUT2D eigenvalue weighted by Gasteiger charge is 2.19. The summed E-state index contributed by atoms with van der Waals surface area (Å²) in [5, 5.41) is 0. The molecule has 0 aliphatic carbocycles. The van der Waals surface area contributed by atoms with Gasteiger partial charge in [-0.25, -0.2) is 8.42 Å². The van der Waals surface area contributed by atoms with Crippen LogP contribution in [0.2, 0.25) is 0 Å². The largest absolute Gasteiger partial charge is 0.265 e. The van der Waals surface area contributed by atoms with E-state index in [1.54, 1.807) is 19.4 Å². The van der Waals surface area contributed by atoms with E-state index in [9.17, 15) is 8.42 Å². The Labute approximate surface area is 84.6 Å². The lowest BCUT2D eigenvalue weighted by Crippen LogP contribution is -2.28. The van der Waals surface area contributed by atoms with E-state index in [-0.39, 0.29) is 6.04 Å². The van der Waals surface area contributed by atoms with Crippen molar-refractivity contribution >= 4 is 10.0 Å². The molecule has 0 aromatic carbocycles. The molecular formula is C9H14N2O2S. The van der Waals surface area contributed by atoms with Gasteiger partial charge >= 0.3 is 0 Å². The molecule has 1 aromatic rings. The van der Waals surface area contributed by atoms with Gasteiger partial charge in [0, 0.05) is 25.5 Å². The molecule has 0 radical (unpaired) electrons. The highest BCUT2D eigenvalue weighted by atomic mass is 32.2. The van der Waals surface area contributed by atoms with Crippen molar-refractivity contribution in [2.75, 3.05) is 13.3 Å². The number of hydrogen-bond acceptors (Lipinski definition) is 3. The predicted octanol–water partition coefficient (Wildman–Crippen LogP) is 1.03. The Balaban J connectivity index is 2.92. The first-order chi connectivity index (χ1) is 6.43. The summed E-state index contributed by atoms with van der Waals surface area (Å²) in [6.45, 7) is 1.84. The van der Waals surface area contributed by atoms with E-state index in [0.29, 0.717) is 0 Å². The van der Waals surface area contributed by atoms with Gasteiger partial charge in [-0.1, -0.05) is 0 Å². The van der Waals surface area contributed by atoms with Crippen LogP contribution in [0.1, 0.15) is 18.5 Å². The van der Waals surface area contributed by atoms with E-state index in [2.05, 4.69) is 4.98 Å². The maximum absolute atomic E-state index is 11.3. The average Bonchev–Trinajstić information content (AvgIpc) is 2.15. The average molecular weight is 214 g/mol. The molecule has 0 spiro atoms. The van der Waals surface area contributed by atoms with Gasteiger partial charge < -0.3 is 0 Å². The lowest BCUT2D eigenvalue weighted by atomic mass is 10.1. The van der Waals surface area contributed by atoms with Crippen molar-refractivity contribution in [1.29, 1.82) is 0 Å². The Morgan fingerprint density at radius 3 is 2.29 bits per heavy atom. The van der Waals surface area contributed by atoms with Gasteiger partial charge in [0.05, 0.1) is 6.26 Å². The second kappa shape index (κ2) is 4.06. The molecule has 1 unspecified atom stereocenters. The fourth-order valence-corrected chi connectivity index (χ4v) is 1.84. The van der Waals surface area contributed by atoms with Gasteiger partial charge in [-0.15, -0.1) is 0 Å². The first kappa shape index (κ1) is 11.1. The summed E-state index contributed by atoms with van der Waals surface area (Å²) in [7, 11) is -1.57. The van der Waals surface area contributed by atoms with Crippen LogP contribution in [0.3, 0.4) is 0 Å². The summed E-state index contributed by atoms with van der Waals surface area (Å²) in [6.07, 6.45) is 4.51. The Morgan fingerprint density at radius 2 is 1.86 bits per heavy atom. The molecule has 5 heteroatoms. The lowest BCUT2D eigenvalue weighted by molar-refractivity contribution is 0.402. The summed E-state index contributed by atoms with van der Waals surface area (Å²) in [6, 6.07) is 3.46. The molecule has 1 heterocycles. The van der Waals surface area contributed by atoms with Crippen molar-refractivity contribution in [3.05, 3.63) is 30.1 Å². The van der Waals surface area contributed by atoms with E-state index in [0.717, 1.165) is 5.56 Å². The molecule has 0 amide bonds. The molecule has 1 rings (SSSR count). The number of nitrogens with zero attached hydrogens (tertiary/aromatic N) is 2. The van der Waals surface area contributed by atoms with Crippen LogP contribution in [0.5, 0.6) is 0 Å². The molecule has 0 saturated heterocycles. The highest BCUT2D eigenvalue weighted by Crippen LogP contribution is 2.19. The molecule has 1 aromatic heterocycles. The molecule has 0 aliphatic heterocycles. The van der Waals surface area contributed by atoms with Crippen LogP contribution in [-0.2, 0) is 10.0 Å². The monoisotopic (exact) mass is 214 g/mol. The molecule has 0 bridgehead atoms. The highest BCUT2D eigenvalue weighted by molar-refractivity contribution is 7.88. The Hall–Kier alpha value is -0.940. The molecule has 0 saturated carbocycles. The van der Waals surface area contributed by atoms with Crippen molar-refractivity contribution in [3.63, 3.8) is 0 Å². The number of pyridine rings is 1. The van der Waals surface area contributed by atoms with E-state index >= 15 is 0 Å². The third-order valence-electron chi connectivity index (χ3n) is 2.26. The zero-order chi connectivity index (χ0) is 10.8. The van der Waals surface area contributed by atoms with Crippen LogP contribution < -0.4 is 0 Å². The third-order valence-corrected chi connectivity index (χ3v) is 3.62. The second-order valence-corrected chi connectivity index (χ2v) is 5.28. The molecule has 4 nitrogen and oxygen atoms in total. The molecule has 78 valence electrons. The number of hydrogen-bond donors (Lipinski definition) is 0. The maximum Gasteiger partial charge on any atom is 0.211 e. The molecule has 0 aliphatic rings. The summed E-state index contributed by atoms with van der Waals surface area (Å²) in [5.41, 5.74) is 0.938. The van der Waals surface area contributed by atoms with Crippen LogP contribution >= 0.6 is 0 Å². The molecule has 0 N–H and O–H groups in total. The van der Waals surface area contributed by atoms with Gasteiger partial charge in [0.15, 0.2) is 0 Å². The number of rotatable bonds is 3. The van der Waals surface area contributed by atoms with Crippen LogP contribution in [0.15, 0.2) is 24.5 Å². The van der Waals surface area contributed by atoms with E-state index in [1.807, 2.05) is 19.1 Å².